The molecule has 4 heterocycles. The van der Waals surface area contributed by atoms with Gasteiger partial charge in [0.05, 0.1) is 11.4 Å². The van der Waals surface area contributed by atoms with E-state index in [9.17, 15) is 0 Å². The van der Waals surface area contributed by atoms with E-state index >= 15 is 0 Å². The number of para-hydroxylation sites is 7. The summed E-state index contributed by atoms with van der Waals surface area (Å²) in [5.41, 5.74) is 36.7. The highest BCUT2D eigenvalue weighted by Crippen LogP contribution is 2.58. The predicted molar refractivity (Wildman–Crippen MR) is 448 cm³/mol. The minimum absolute atomic E-state index is 0.288. The summed E-state index contributed by atoms with van der Waals surface area (Å²) >= 11 is 0. The van der Waals surface area contributed by atoms with Crippen LogP contribution in [-0.2, 0) is 12.8 Å². The van der Waals surface area contributed by atoms with Gasteiger partial charge >= 0.3 is 13.7 Å². The van der Waals surface area contributed by atoms with Crippen molar-refractivity contribution in [3.63, 3.8) is 0 Å². The summed E-state index contributed by atoms with van der Waals surface area (Å²) in [6.07, 6.45) is 6.35. The average molecular weight is 1350 g/mol. The smallest absolute Gasteiger partial charge is 0.316 e. The number of anilines is 13. The van der Waals surface area contributed by atoms with E-state index in [2.05, 4.69) is 396 Å². The van der Waals surface area contributed by atoms with Crippen LogP contribution in [0.1, 0.15) is 50.7 Å². The minimum atomic E-state index is -0.288. The number of hydrogen-bond donors (Lipinski definition) is 0. The van der Waals surface area contributed by atoms with Gasteiger partial charge in [-0.05, 0) is 201 Å². The predicted octanol–water partition coefficient (Wildman–Crippen LogP) is 23.9. The van der Waals surface area contributed by atoms with Crippen LogP contribution in [0.4, 0.5) is 73.9 Å². The lowest BCUT2D eigenvalue weighted by molar-refractivity contribution is 0.795. The minimum Gasteiger partial charge on any atom is -0.444 e. The van der Waals surface area contributed by atoms with Crippen molar-refractivity contribution in [3.8, 4) is 66.8 Å². The van der Waals surface area contributed by atoms with Crippen LogP contribution in [0.25, 0.3) is 66.8 Å². The number of unbranched alkanes of at least 4 members (excludes halogenated alkanes) is 2. The van der Waals surface area contributed by atoms with E-state index in [-0.39, 0.29) is 13.7 Å². The lowest BCUT2D eigenvalue weighted by Crippen LogP contribution is -2.74. The van der Waals surface area contributed by atoms with Crippen molar-refractivity contribution < 1.29 is 0 Å². The molecular weight excluding hydrogens is 1270 g/mol. The number of aryl methyl sites for hydroxylation is 2. The number of nitrogens with zero attached hydrogens (tertiary/aromatic N) is 5. The summed E-state index contributed by atoms with van der Waals surface area (Å²) in [4.78, 5) is 10.3. The van der Waals surface area contributed by atoms with Crippen LogP contribution in [0, 0.1) is 0 Å². The molecule has 7 heteroatoms. The molecule has 0 N–H and O–H groups in total. The van der Waals surface area contributed by atoms with E-state index < -0.39 is 0 Å². The Labute approximate surface area is 618 Å². The third-order valence-electron chi connectivity index (χ3n) is 22.0. The van der Waals surface area contributed by atoms with E-state index in [0.717, 1.165) is 107 Å². The van der Waals surface area contributed by atoms with Crippen LogP contribution >= 0.6 is 0 Å². The molecule has 0 saturated carbocycles. The van der Waals surface area contributed by atoms with Gasteiger partial charge in [-0.15, -0.1) is 0 Å². The molecule has 0 saturated heterocycles. The van der Waals surface area contributed by atoms with Crippen molar-refractivity contribution >= 4 is 109 Å². The number of benzene rings is 15. The molecule has 0 aromatic heterocycles. The molecule has 500 valence electrons. The summed E-state index contributed by atoms with van der Waals surface area (Å²) in [7, 11) is 0. The molecule has 0 bridgehead atoms. The molecule has 4 aliphatic heterocycles. The first-order valence-electron chi connectivity index (χ1n) is 37.5. The highest BCUT2D eigenvalue weighted by Gasteiger charge is 2.55. The largest absolute Gasteiger partial charge is 0.444 e. The molecule has 0 radical (unpaired) electrons. The molecule has 0 amide bonds. The van der Waals surface area contributed by atoms with Crippen LogP contribution < -0.4 is 46.2 Å². The summed E-state index contributed by atoms with van der Waals surface area (Å²) in [6, 6.07) is 135. The van der Waals surface area contributed by atoms with Crippen LogP contribution in [0.2, 0.25) is 0 Å². The zero-order chi connectivity index (χ0) is 69.9. The summed E-state index contributed by atoms with van der Waals surface area (Å²) in [6.45, 7) is 4.04. The normalized spacial score (nSPS) is 12.6. The first kappa shape index (κ1) is 63.4. The Morgan fingerprint density at radius 1 is 0.248 bits per heavy atom. The fourth-order valence-corrected chi connectivity index (χ4v) is 17.5. The maximum absolute atomic E-state index is 2.90. The second kappa shape index (κ2) is 27.0. The Balaban J connectivity index is 0.958. The van der Waals surface area contributed by atoms with Gasteiger partial charge < -0.3 is 24.3 Å². The first-order chi connectivity index (χ1) is 52.1. The number of rotatable bonds is 18. The van der Waals surface area contributed by atoms with E-state index in [1.54, 1.807) is 0 Å². The molecule has 0 atom stereocenters. The third-order valence-corrected chi connectivity index (χ3v) is 22.0. The van der Waals surface area contributed by atoms with Gasteiger partial charge in [0, 0.05) is 95.9 Å². The molecule has 15 aromatic rings. The van der Waals surface area contributed by atoms with Crippen molar-refractivity contribution in [1.82, 2.24) is 0 Å². The van der Waals surface area contributed by atoms with Crippen molar-refractivity contribution in [1.29, 1.82) is 0 Å². The second-order valence-electron chi connectivity index (χ2n) is 28.3. The molecule has 0 aliphatic carbocycles. The Morgan fingerprint density at radius 3 is 0.857 bits per heavy atom. The zero-order valence-corrected chi connectivity index (χ0v) is 59.2. The van der Waals surface area contributed by atoms with Gasteiger partial charge in [0.15, 0.2) is 0 Å². The number of hydrogen-bond acceptors (Lipinski definition) is 5. The SMILES string of the molecule is CCCCc1cc(-c2ccccc2)c(N2c3ccccc3B3c4c(cc(N(c5ccccc5)c5ccccc5)cc42)-c2cccc4c2N3B2c3ccccc3N(c3c(-c5ccccc5)cc(CCCC)cc3-c3ccccc3)c3cc(N(c5ccccc5)c5ccccc5)cc-4c32)c(-c2ccccc2)c1. The second-order valence-corrected chi connectivity index (χ2v) is 28.3. The van der Waals surface area contributed by atoms with Crippen LogP contribution in [0.5, 0.6) is 0 Å². The van der Waals surface area contributed by atoms with Crippen LogP contribution in [0.3, 0.4) is 0 Å². The summed E-state index contributed by atoms with van der Waals surface area (Å²) < 4.78 is 2.90. The molecule has 15 aromatic carbocycles. The monoisotopic (exact) mass is 1350 g/mol. The van der Waals surface area contributed by atoms with Gasteiger partial charge in [-0.1, -0.05) is 275 Å². The summed E-state index contributed by atoms with van der Waals surface area (Å²) in [5.74, 6) is 0. The highest BCUT2D eigenvalue weighted by atomic mass is 15.2. The molecule has 0 fully saturated rings. The maximum Gasteiger partial charge on any atom is 0.316 e. The van der Waals surface area contributed by atoms with Gasteiger partial charge in [0.2, 0.25) is 0 Å². The molecule has 19 rings (SSSR count). The Kier molecular flexibility index (Phi) is 16.3. The van der Waals surface area contributed by atoms with Crippen LogP contribution in [-0.4, -0.2) is 13.7 Å². The molecule has 5 nitrogen and oxygen atoms in total. The third kappa shape index (κ3) is 10.9. The van der Waals surface area contributed by atoms with E-state index in [4.69, 9.17) is 0 Å². The van der Waals surface area contributed by atoms with E-state index in [0.29, 0.717) is 0 Å². The van der Waals surface area contributed by atoms with Crippen molar-refractivity contribution in [2.45, 2.75) is 52.4 Å². The molecular formula is C98H77B2N5. The molecule has 0 spiro atoms. The lowest BCUT2D eigenvalue weighted by Gasteiger charge is -2.53. The topological polar surface area (TPSA) is 16.2 Å². The summed E-state index contributed by atoms with van der Waals surface area (Å²) in [5, 5.41) is 0. The van der Waals surface area contributed by atoms with Gasteiger partial charge in [0.25, 0.3) is 0 Å². The first-order valence-corrected chi connectivity index (χ1v) is 37.5. The Morgan fingerprint density at radius 2 is 0.543 bits per heavy atom. The molecule has 105 heavy (non-hydrogen) atoms. The van der Waals surface area contributed by atoms with Gasteiger partial charge in [0.1, 0.15) is 0 Å². The van der Waals surface area contributed by atoms with E-state index in [1.165, 1.54) is 105 Å². The lowest BCUT2D eigenvalue weighted by atomic mass is 9.32. The molecule has 0 unspecified atom stereocenters. The fraction of sp³-hybridized carbons (Fsp3) is 0.0816. The Hall–Kier alpha value is -12.6. The van der Waals surface area contributed by atoms with Gasteiger partial charge in [-0.25, -0.2) is 0 Å². The quantitative estimate of drug-likeness (QED) is 0.0794. The van der Waals surface area contributed by atoms with Crippen molar-refractivity contribution in [2.75, 3.05) is 24.3 Å². The van der Waals surface area contributed by atoms with Crippen molar-refractivity contribution in [3.05, 3.63) is 369 Å². The maximum atomic E-state index is 2.90. The standard InChI is InChI=1S/C98H77B2N5/c1-3-5-36-68-60-82(70-38-15-7-16-39-70)96(83(61-68)71-40-17-8-18-41-71)103-90-58-33-31-56-88(90)99-94-86(64-78(66-92(94)103)101(74-46-23-11-24-47-74)75-48-25-12-26-49-75)80-54-35-55-81-87-65-79(102(76-50-27-13-28-51-76)77-52-29-14-30-53-77)67-93-95(87)100(105(99)98(80)81)89-57-32-34-59-91(89)104(93)97-84(72-42-19-9-20-43-72)62-69(37-6-4-2)63-85(97)73-44-21-10-22-45-73/h7-35,38-67H,3-6,36-37H2,1-2H3. The molecule has 4 aliphatic rings. The highest BCUT2D eigenvalue weighted by molar-refractivity contribution is 7.09. The zero-order valence-electron chi connectivity index (χ0n) is 59.2. The average Bonchev–Trinajstić information content (AvgIpc) is 0.670. The fourth-order valence-electron chi connectivity index (χ4n) is 17.5. The van der Waals surface area contributed by atoms with Crippen LogP contribution in [0.15, 0.2) is 358 Å². The van der Waals surface area contributed by atoms with Crippen molar-refractivity contribution in [2.24, 2.45) is 0 Å². The van der Waals surface area contributed by atoms with E-state index in [1.807, 2.05) is 0 Å². The van der Waals surface area contributed by atoms with Gasteiger partial charge in [-0.2, -0.15) is 0 Å². The Bertz CT molecular complexity index is 5170. The van der Waals surface area contributed by atoms with Gasteiger partial charge in [-0.3, -0.25) is 0 Å². The number of fused-ring (bicyclic) bond motifs is 8.